The number of H-pyrrole nitrogens is 1. The van der Waals surface area contributed by atoms with Crippen LogP contribution < -0.4 is 9.64 Å². The summed E-state index contributed by atoms with van der Waals surface area (Å²) in [5, 5.41) is 21.4. The summed E-state index contributed by atoms with van der Waals surface area (Å²) < 4.78 is 6.06. The smallest absolute Gasteiger partial charge is 0.128 e. The Labute approximate surface area is 218 Å². The highest BCUT2D eigenvalue weighted by atomic mass is 35.5. The number of aliphatic hydroxyl groups is 1. The fourth-order valence-corrected chi connectivity index (χ4v) is 5.81. The molecule has 1 unspecified atom stereocenters. The van der Waals surface area contributed by atoms with Crippen molar-refractivity contribution in [1.82, 2.24) is 10.2 Å². The summed E-state index contributed by atoms with van der Waals surface area (Å²) in [6.07, 6.45) is 1.98. The number of aliphatic hydroxyl groups excluding tert-OH is 1. The predicted octanol–water partition coefficient (Wildman–Crippen LogP) is 6.86. The molecule has 4 rings (SSSR count). The number of ether oxygens (including phenoxy) is 1. The number of anilines is 1. The van der Waals surface area contributed by atoms with Gasteiger partial charge in [0.1, 0.15) is 23.2 Å². The maximum absolute atomic E-state index is 9.48. The Morgan fingerprint density at radius 1 is 1.03 bits per heavy atom. The van der Waals surface area contributed by atoms with Crippen LogP contribution in [0.5, 0.6) is 5.75 Å². The average molecular weight is 537 g/mol. The molecule has 1 heterocycles. The van der Waals surface area contributed by atoms with Crippen LogP contribution in [0, 0.1) is 0 Å². The van der Waals surface area contributed by atoms with E-state index in [9.17, 15) is 5.11 Å². The highest BCUT2D eigenvalue weighted by molar-refractivity contribution is 7.98. The number of fused-ring (bicyclic) bond motifs is 1. The first kappa shape index (κ1) is 25.0. The lowest BCUT2D eigenvalue weighted by atomic mass is 9.82. The Morgan fingerprint density at radius 3 is 2.38 bits per heavy atom. The number of halogens is 3. The highest BCUT2D eigenvalue weighted by Crippen LogP contribution is 2.50. The molecule has 178 valence electrons. The van der Waals surface area contributed by atoms with Gasteiger partial charge < -0.3 is 14.7 Å². The third-order valence-corrected chi connectivity index (χ3v) is 7.12. The van der Waals surface area contributed by atoms with Gasteiger partial charge >= 0.3 is 0 Å². The minimum absolute atomic E-state index is 0.107. The molecule has 34 heavy (non-hydrogen) atoms. The SMILES string of the molecule is CSc1n[nH]c(N(C)C)c1C(c1c(Cl)cc(Cl)cc1Cl)c1c(OCCO)ccc2ccccc12. The maximum atomic E-state index is 9.48. The van der Waals surface area contributed by atoms with Crippen molar-refractivity contribution in [3.63, 3.8) is 0 Å². The van der Waals surface area contributed by atoms with Gasteiger partial charge in [-0.2, -0.15) is 5.10 Å². The van der Waals surface area contributed by atoms with Gasteiger partial charge in [-0.25, -0.2) is 0 Å². The summed E-state index contributed by atoms with van der Waals surface area (Å²) in [6, 6.07) is 15.4. The van der Waals surface area contributed by atoms with Crippen molar-refractivity contribution in [3.05, 3.63) is 80.3 Å². The molecule has 0 radical (unpaired) electrons. The standard InChI is InChI=1S/C25H24Cl3N3O2S/c1-31(2)24-23(25(34-3)30-29-24)22(21-17(27)12-15(26)13-18(21)28)20-16-7-5-4-6-14(16)8-9-19(20)33-11-10-32/h4-9,12-13,22,32H,10-11H2,1-3H3,(H,29,30). The zero-order valence-electron chi connectivity index (χ0n) is 18.9. The number of hydrogen-bond acceptors (Lipinski definition) is 5. The van der Waals surface area contributed by atoms with Crippen LogP contribution in [-0.2, 0) is 0 Å². The van der Waals surface area contributed by atoms with Crippen molar-refractivity contribution in [3.8, 4) is 5.75 Å². The second kappa shape index (κ2) is 10.7. The van der Waals surface area contributed by atoms with E-state index in [-0.39, 0.29) is 13.2 Å². The number of aromatic amines is 1. The zero-order chi connectivity index (χ0) is 24.4. The average Bonchev–Trinajstić information content (AvgIpc) is 3.24. The van der Waals surface area contributed by atoms with Gasteiger partial charge in [-0.15, -0.1) is 11.8 Å². The van der Waals surface area contributed by atoms with E-state index in [0.717, 1.165) is 32.7 Å². The quantitative estimate of drug-likeness (QED) is 0.241. The molecule has 0 fully saturated rings. The maximum Gasteiger partial charge on any atom is 0.128 e. The number of thioether (sulfide) groups is 1. The molecule has 0 spiro atoms. The van der Waals surface area contributed by atoms with E-state index in [1.165, 1.54) is 11.8 Å². The Bertz CT molecular complexity index is 1300. The van der Waals surface area contributed by atoms with Crippen LogP contribution >= 0.6 is 46.6 Å². The van der Waals surface area contributed by atoms with Crippen LogP contribution in [0.1, 0.15) is 22.6 Å². The molecule has 1 atom stereocenters. The molecule has 0 bridgehead atoms. The van der Waals surface area contributed by atoms with E-state index in [1.54, 1.807) is 12.1 Å². The normalized spacial score (nSPS) is 12.2. The third-order valence-electron chi connectivity index (χ3n) is 5.58. The first-order valence-electron chi connectivity index (χ1n) is 10.6. The summed E-state index contributed by atoms with van der Waals surface area (Å²) >= 11 is 21.5. The van der Waals surface area contributed by atoms with Crippen LogP contribution in [0.25, 0.3) is 10.8 Å². The minimum atomic E-state index is -0.435. The first-order valence-corrected chi connectivity index (χ1v) is 12.9. The predicted molar refractivity (Wildman–Crippen MR) is 144 cm³/mol. The first-order chi connectivity index (χ1) is 16.4. The van der Waals surface area contributed by atoms with E-state index in [4.69, 9.17) is 39.5 Å². The van der Waals surface area contributed by atoms with Gasteiger partial charge in [0, 0.05) is 51.8 Å². The fourth-order valence-electron chi connectivity index (χ4n) is 4.20. The molecule has 1 aromatic heterocycles. The number of aromatic nitrogens is 2. The Balaban J connectivity index is 2.16. The minimum Gasteiger partial charge on any atom is -0.491 e. The number of rotatable bonds is 8. The van der Waals surface area contributed by atoms with Crippen molar-refractivity contribution in [2.24, 2.45) is 0 Å². The number of nitrogens with one attached hydrogen (secondary N) is 1. The van der Waals surface area contributed by atoms with E-state index in [1.807, 2.05) is 49.5 Å². The summed E-state index contributed by atoms with van der Waals surface area (Å²) in [5.41, 5.74) is 2.52. The second-order valence-electron chi connectivity index (χ2n) is 7.88. The van der Waals surface area contributed by atoms with Gasteiger partial charge in [0.05, 0.1) is 6.61 Å². The Kier molecular flexibility index (Phi) is 7.85. The lowest BCUT2D eigenvalue weighted by Gasteiger charge is -2.27. The Morgan fingerprint density at radius 2 is 1.74 bits per heavy atom. The number of nitrogens with zero attached hydrogens (tertiary/aromatic N) is 2. The van der Waals surface area contributed by atoms with Gasteiger partial charge in [-0.1, -0.05) is 65.1 Å². The van der Waals surface area contributed by atoms with E-state index >= 15 is 0 Å². The van der Waals surface area contributed by atoms with Crippen molar-refractivity contribution in [2.45, 2.75) is 10.9 Å². The van der Waals surface area contributed by atoms with Crippen molar-refractivity contribution < 1.29 is 9.84 Å². The van der Waals surface area contributed by atoms with Crippen LogP contribution in [0.15, 0.2) is 53.6 Å². The molecule has 0 saturated heterocycles. The molecule has 0 amide bonds. The van der Waals surface area contributed by atoms with Crippen molar-refractivity contribution >= 4 is 63.2 Å². The summed E-state index contributed by atoms with van der Waals surface area (Å²) in [4.78, 5) is 1.98. The molecular weight excluding hydrogens is 513 g/mol. The molecule has 0 aliphatic heterocycles. The summed E-state index contributed by atoms with van der Waals surface area (Å²) in [5.74, 6) is 1.03. The highest BCUT2D eigenvalue weighted by Gasteiger charge is 2.33. The van der Waals surface area contributed by atoms with Gasteiger partial charge in [0.25, 0.3) is 0 Å². The van der Waals surface area contributed by atoms with E-state index in [0.29, 0.717) is 26.4 Å². The molecule has 3 aromatic carbocycles. The van der Waals surface area contributed by atoms with Crippen LogP contribution in [0.4, 0.5) is 5.82 Å². The van der Waals surface area contributed by atoms with Crippen LogP contribution in [0.3, 0.4) is 0 Å². The molecule has 5 nitrogen and oxygen atoms in total. The van der Waals surface area contributed by atoms with E-state index < -0.39 is 5.92 Å². The number of benzene rings is 3. The molecule has 2 N–H and O–H groups in total. The van der Waals surface area contributed by atoms with E-state index in [2.05, 4.69) is 22.3 Å². The monoisotopic (exact) mass is 535 g/mol. The molecule has 0 aliphatic carbocycles. The van der Waals surface area contributed by atoms with Gasteiger partial charge in [0.2, 0.25) is 0 Å². The third kappa shape index (κ3) is 4.70. The van der Waals surface area contributed by atoms with Crippen LogP contribution in [0.2, 0.25) is 15.1 Å². The van der Waals surface area contributed by atoms with Crippen molar-refractivity contribution in [2.75, 3.05) is 38.5 Å². The molecule has 0 aliphatic rings. The van der Waals surface area contributed by atoms with Gasteiger partial charge in [0.15, 0.2) is 0 Å². The Hall–Kier alpha value is -2.09. The van der Waals surface area contributed by atoms with Gasteiger partial charge in [-0.3, -0.25) is 5.10 Å². The number of hydrogen-bond donors (Lipinski definition) is 2. The zero-order valence-corrected chi connectivity index (χ0v) is 22.0. The van der Waals surface area contributed by atoms with Gasteiger partial charge in [-0.05, 0) is 35.2 Å². The second-order valence-corrected chi connectivity index (χ2v) is 9.92. The molecular formula is C25H24Cl3N3O2S. The van der Waals surface area contributed by atoms with Crippen molar-refractivity contribution in [1.29, 1.82) is 0 Å². The molecule has 9 heteroatoms. The molecule has 0 saturated carbocycles. The summed E-state index contributed by atoms with van der Waals surface area (Å²) in [7, 11) is 3.91. The van der Waals surface area contributed by atoms with Crippen LogP contribution in [-0.4, -0.2) is 48.9 Å². The lowest BCUT2D eigenvalue weighted by molar-refractivity contribution is 0.200. The topological polar surface area (TPSA) is 61.4 Å². The lowest BCUT2D eigenvalue weighted by Crippen LogP contribution is -2.16. The fraction of sp³-hybridized carbons (Fsp3) is 0.240. The molecule has 4 aromatic rings. The largest absolute Gasteiger partial charge is 0.491 e. The summed E-state index contributed by atoms with van der Waals surface area (Å²) in [6.45, 7) is 0.0472.